The topological polar surface area (TPSA) is 103 Å². The van der Waals surface area contributed by atoms with E-state index in [4.69, 9.17) is 0 Å². The fourth-order valence-electron chi connectivity index (χ4n) is 4.19. The van der Waals surface area contributed by atoms with Gasteiger partial charge in [-0.2, -0.15) is 0 Å². The molecule has 3 N–H and O–H groups in total. The lowest BCUT2D eigenvalue weighted by atomic mass is 9.95. The third kappa shape index (κ3) is 3.11. The number of anilines is 1. The van der Waals surface area contributed by atoms with Crippen molar-refractivity contribution in [1.82, 2.24) is 4.57 Å². The van der Waals surface area contributed by atoms with Crippen molar-refractivity contribution >= 4 is 22.6 Å². The third-order valence-corrected chi connectivity index (χ3v) is 5.89. The number of aliphatic hydroxyl groups is 2. The summed E-state index contributed by atoms with van der Waals surface area (Å²) in [7, 11) is 0. The Morgan fingerprint density at radius 3 is 2.37 bits per heavy atom. The average Bonchev–Trinajstić information content (AvgIpc) is 3.47. The first-order valence-corrected chi connectivity index (χ1v) is 9.41. The maximum atomic E-state index is 12.7. The van der Waals surface area contributed by atoms with Crippen LogP contribution in [-0.2, 0) is 0 Å². The van der Waals surface area contributed by atoms with Crippen LogP contribution in [-0.4, -0.2) is 45.2 Å². The van der Waals surface area contributed by atoms with Crippen molar-refractivity contribution in [2.24, 2.45) is 5.92 Å². The Hall–Kier alpha value is -2.38. The Balaban J connectivity index is 1.80. The number of aliphatic hydroxyl groups excluding tert-OH is 1. The molecule has 1 aliphatic carbocycles. The van der Waals surface area contributed by atoms with Crippen LogP contribution >= 0.6 is 0 Å². The molecule has 0 bridgehead atoms. The maximum absolute atomic E-state index is 12.7. The smallest absolute Gasteiger partial charge is 0.341 e. The number of pyridine rings is 1. The number of benzene rings is 1. The average molecular weight is 372 g/mol. The minimum Gasteiger partial charge on any atom is -0.477 e. The molecule has 27 heavy (non-hydrogen) atoms. The summed E-state index contributed by atoms with van der Waals surface area (Å²) < 4.78 is 1.96. The molecule has 2 fully saturated rings. The highest BCUT2D eigenvalue weighted by molar-refractivity contribution is 5.95. The number of nitrogens with zero attached hydrogens (tertiary/aromatic N) is 2. The van der Waals surface area contributed by atoms with Crippen LogP contribution in [0.3, 0.4) is 0 Å². The molecule has 144 valence electrons. The molecule has 7 heteroatoms. The lowest BCUT2D eigenvalue weighted by Crippen LogP contribution is -2.38. The first-order chi connectivity index (χ1) is 12.9. The van der Waals surface area contributed by atoms with Gasteiger partial charge >= 0.3 is 5.97 Å². The zero-order valence-corrected chi connectivity index (χ0v) is 15.3. The minimum atomic E-state index is -1.28. The molecule has 0 unspecified atom stereocenters. The van der Waals surface area contributed by atoms with E-state index in [2.05, 4.69) is 4.90 Å². The first kappa shape index (κ1) is 18.0. The summed E-state index contributed by atoms with van der Waals surface area (Å²) in [6, 6.07) is 3.87. The van der Waals surface area contributed by atoms with Gasteiger partial charge in [-0.1, -0.05) is 0 Å². The van der Waals surface area contributed by atoms with Gasteiger partial charge in [-0.3, -0.25) is 4.79 Å². The number of hydrogen-bond donors (Lipinski definition) is 3. The fraction of sp³-hybridized carbons (Fsp3) is 0.500. The van der Waals surface area contributed by atoms with Crippen molar-refractivity contribution in [3.8, 4) is 0 Å². The first-order valence-electron chi connectivity index (χ1n) is 9.41. The second-order valence-corrected chi connectivity index (χ2v) is 7.66. The number of rotatable bonds is 4. The van der Waals surface area contributed by atoms with Crippen LogP contribution < -0.4 is 10.3 Å². The van der Waals surface area contributed by atoms with Gasteiger partial charge in [0.15, 0.2) is 6.29 Å². The summed E-state index contributed by atoms with van der Waals surface area (Å²) >= 11 is 0. The lowest BCUT2D eigenvalue weighted by Gasteiger charge is -2.35. The largest absolute Gasteiger partial charge is 0.477 e. The second kappa shape index (κ2) is 6.65. The summed E-state index contributed by atoms with van der Waals surface area (Å²) in [5.41, 5.74) is 2.18. The van der Waals surface area contributed by atoms with Crippen molar-refractivity contribution in [3.05, 3.63) is 39.7 Å². The van der Waals surface area contributed by atoms with E-state index in [0.29, 0.717) is 18.2 Å². The molecule has 2 aromatic rings. The fourth-order valence-corrected chi connectivity index (χ4v) is 4.19. The monoisotopic (exact) mass is 372 g/mol. The van der Waals surface area contributed by atoms with Gasteiger partial charge in [-0.25, -0.2) is 4.79 Å². The molecule has 0 radical (unpaired) electrons. The van der Waals surface area contributed by atoms with E-state index >= 15 is 0 Å². The van der Waals surface area contributed by atoms with Crippen LogP contribution in [0.5, 0.6) is 0 Å². The number of carboxylic acid groups (broad SMARTS) is 1. The van der Waals surface area contributed by atoms with Gasteiger partial charge in [0.05, 0.1) is 5.52 Å². The lowest BCUT2D eigenvalue weighted by molar-refractivity contribution is -0.0893. The zero-order valence-electron chi connectivity index (χ0n) is 15.3. The molecular formula is C20H24N2O5. The van der Waals surface area contributed by atoms with Crippen molar-refractivity contribution in [3.63, 3.8) is 0 Å². The third-order valence-electron chi connectivity index (χ3n) is 5.89. The summed E-state index contributed by atoms with van der Waals surface area (Å²) in [4.78, 5) is 26.4. The normalized spacial score (nSPS) is 18.4. The van der Waals surface area contributed by atoms with Crippen LogP contribution in [0.4, 0.5) is 5.69 Å². The molecular weight excluding hydrogens is 348 g/mol. The number of fused-ring (bicyclic) bond motifs is 1. The van der Waals surface area contributed by atoms with Crippen LogP contribution in [0.25, 0.3) is 10.9 Å². The minimum absolute atomic E-state index is 0.107. The summed E-state index contributed by atoms with van der Waals surface area (Å²) in [6.07, 6.45) is 3.58. The molecule has 1 aliphatic heterocycles. The second-order valence-electron chi connectivity index (χ2n) is 7.66. The standard InChI is InChI=1S/C20H24N2O5/c1-11-16(21-8-6-12(7-9-21)19(24)25)5-4-14-17(11)22(13-2-3-13)10-15(18(14)23)20(26)27/h4-5,10,12-13,19,24-25H,2-3,6-9H2,1H3,(H,26,27). The predicted octanol–water partition coefficient (Wildman–Crippen LogP) is 1.87. The van der Waals surface area contributed by atoms with Gasteiger partial charge in [0.25, 0.3) is 0 Å². The highest BCUT2D eigenvalue weighted by Crippen LogP contribution is 2.39. The Kier molecular flexibility index (Phi) is 4.44. The van der Waals surface area contributed by atoms with Gasteiger partial charge in [-0.15, -0.1) is 0 Å². The van der Waals surface area contributed by atoms with Gasteiger partial charge in [0, 0.05) is 42.3 Å². The molecule has 0 spiro atoms. The predicted molar refractivity (Wildman–Crippen MR) is 101 cm³/mol. The molecule has 0 amide bonds. The SMILES string of the molecule is Cc1c(N2CCC(C(O)O)CC2)ccc2c(=O)c(C(=O)O)cn(C3CC3)c12. The van der Waals surface area contributed by atoms with Gasteiger partial charge in [-0.05, 0) is 50.3 Å². The van der Waals surface area contributed by atoms with Crippen molar-refractivity contribution in [2.75, 3.05) is 18.0 Å². The molecule has 1 aromatic heterocycles. The van der Waals surface area contributed by atoms with E-state index in [-0.39, 0.29) is 17.5 Å². The zero-order chi connectivity index (χ0) is 19.3. The summed E-state index contributed by atoms with van der Waals surface area (Å²) in [5, 5.41) is 28.6. The number of aromatic nitrogens is 1. The van der Waals surface area contributed by atoms with Gasteiger partial charge < -0.3 is 24.8 Å². The molecule has 4 rings (SSSR count). The Bertz CT molecular complexity index is 953. The highest BCUT2D eigenvalue weighted by atomic mass is 16.5. The number of piperidine rings is 1. The Morgan fingerprint density at radius 2 is 1.81 bits per heavy atom. The van der Waals surface area contributed by atoms with Crippen molar-refractivity contribution in [2.45, 2.75) is 44.9 Å². The van der Waals surface area contributed by atoms with E-state index in [1.54, 1.807) is 6.07 Å². The molecule has 0 atom stereocenters. The molecule has 1 saturated carbocycles. The van der Waals surface area contributed by atoms with E-state index < -0.39 is 17.7 Å². The Labute approximate surface area is 156 Å². The van der Waals surface area contributed by atoms with Gasteiger partial charge in [0.1, 0.15) is 5.56 Å². The van der Waals surface area contributed by atoms with Crippen LogP contribution in [0.1, 0.15) is 47.6 Å². The quantitative estimate of drug-likeness (QED) is 0.708. The molecule has 1 saturated heterocycles. The van der Waals surface area contributed by atoms with Crippen LogP contribution in [0.2, 0.25) is 0 Å². The van der Waals surface area contributed by atoms with Crippen molar-refractivity contribution in [1.29, 1.82) is 0 Å². The molecule has 1 aromatic carbocycles. The number of aryl methyl sites for hydroxylation is 1. The number of carboxylic acids is 1. The van der Waals surface area contributed by atoms with E-state index in [1.807, 2.05) is 17.6 Å². The maximum Gasteiger partial charge on any atom is 0.341 e. The number of aromatic carboxylic acids is 1. The number of carbonyl (C=O) groups is 1. The van der Waals surface area contributed by atoms with Gasteiger partial charge in [0.2, 0.25) is 5.43 Å². The Morgan fingerprint density at radius 1 is 1.15 bits per heavy atom. The summed E-state index contributed by atoms with van der Waals surface area (Å²) in [5.74, 6) is -1.30. The van der Waals surface area contributed by atoms with E-state index in [1.165, 1.54) is 6.20 Å². The van der Waals surface area contributed by atoms with E-state index in [0.717, 1.165) is 42.7 Å². The summed E-state index contributed by atoms with van der Waals surface area (Å²) in [6.45, 7) is 3.41. The molecule has 2 aliphatic rings. The highest BCUT2D eigenvalue weighted by Gasteiger charge is 2.29. The van der Waals surface area contributed by atoms with Crippen LogP contribution in [0.15, 0.2) is 23.1 Å². The molecule has 2 heterocycles. The van der Waals surface area contributed by atoms with Crippen LogP contribution in [0, 0.1) is 12.8 Å². The van der Waals surface area contributed by atoms with Crippen molar-refractivity contribution < 1.29 is 20.1 Å². The molecule has 7 nitrogen and oxygen atoms in total. The van der Waals surface area contributed by atoms with E-state index in [9.17, 15) is 24.9 Å². The number of hydrogen-bond acceptors (Lipinski definition) is 5.